The quantitative estimate of drug-likeness (QED) is 0.692. The summed E-state index contributed by atoms with van der Waals surface area (Å²) in [6.45, 7) is 5.36. The zero-order valence-electron chi connectivity index (χ0n) is 9.33. The van der Waals surface area contributed by atoms with E-state index in [0.717, 1.165) is 12.8 Å². The van der Waals surface area contributed by atoms with Gasteiger partial charge in [-0.2, -0.15) is 0 Å². The van der Waals surface area contributed by atoms with Gasteiger partial charge in [-0.3, -0.25) is 0 Å². The van der Waals surface area contributed by atoms with Crippen molar-refractivity contribution < 1.29 is 4.39 Å². The molecule has 0 amide bonds. The molecule has 1 aliphatic carbocycles. The Balaban J connectivity index is 2.68. The number of halogens is 1. The lowest BCUT2D eigenvalue weighted by Crippen LogP contribution is -2.33. The van der Waals surface area contributed by atoms with E-state index in [2.05, 4.69) is 31.7 Å². The smallest absolute Gasteiger partial charge is 0.105 e. The molecule has 15 heavy (non-hydrogen) atoms. The molecule has 0 fully saturated rings. The van der Waals surface area contributed by atoms with Crippen molar-refractivity contribution in [3.8, 4) is 0 Å². The fourth-order valence-corrected chi connectivity index (χ4v) is 2.00. The van der Waals surface area contributed by atoms with Crippen LogP contribution in [0.3, 0.4) is 0 Å². The second kappa shape index (κ2) is 5.86. The lowest BCUT2D eigenvalue weighted by molar-refractivity contribution is 0.357. The van der Waals surface area contributed by atoms with Gasteiger partial charge in [0.2, 0.25) is 0 Å². The molecule has 0 aliphatic heterocycles. The number of nitrogens with two attached hydrogens (primary N) is 1. The van der Waals surface area contributed by atoms with Crippen molar-refractivity contribution in [3.63, 3.8) is 0 Å². The van der Waals surface area contributed by atoms with Crippen molar-refractivity contribution in [1.29, 1.82) is 0 Å². The SMILES string of the molecule is C=CC1C=CC(C(CC)C(N)CF)=CC1. The van der Waals surface area contributed by atoms with E-state index in [4.69, 9.17) is 5.73 Å². The highest BCUT2D eigenvalue weighted by Gasteiger charge is 2.20. The van der Waals surface area contributed by atoms with Crippen molar-refractivity contribution in [2.24, 2.45) is 17.6 Å². The Morgan fingerprint density at radius 3 is 2.87 bits per heavy atom. The zero-order valence-corrected chi connectivity index (χ0v) is 9.33. The van der Waals surface area contributed by atoms with Crippen molar-refractivity contribution >= 4 is 0 Å². The third kappa shape index (κ3) is 3.03. The fourth-order valence-electron chi connectivity index (χ4n) is 2.00. The van der Waals surface area contributed by atoms with Crippen LogP contribution >= 0.6 is 0 Å². The summed E-state index contributed by atoms with van der Waals surface area (Å²) >= 11 is 0. The van der Waals surface area contributed by atoms with E-state index in [1.54, 1.807) is 0 Å². The summed E-state index contributed by atoms with van der Waals surface area (Å²) in [7, 11) is 0. The first-order valence-corrected chi connectivity index (χ1v) is 5.55. The lowest BCUT2D eigenvalue weighted by Gasteiger charge is -2.24. The first kappa shape index (κ1) is 12.2. The molecule has 0 aromatic rings. The van der Waals surface area contributed by atoms with Crippen LogP contribution in [0.25, 0.3) is 0 Å². The summed E-state index contributed by atoms with van der Waals surface area (Å²) in [4.78, 5) is 0. The van der Waals surface area contributed by atoms with E-state index in [9.17, 15) is 4.39 Å². The third-order valence-electron chi connectivity index (χ3n) is 3.03. The normalized spacial score (nSPS) is 24.5. The minimum Gasteiger partial charge on any atom is -0.325 e. The number of hydrogen-bond donors (Lipinski definition) is 1. The topological polar surface area (TPSA) is 26.0 Å². The molecule has 84 valence electrons. The molecule has 0 radical (unpaired) electrons. The van der Waals surface area contributed by atoms with Crippen LogP contribution in [-0.4, -0.2) is 12.7 Å². The molecule has 2 heteroatoms. The van der Waals surface area contributed by atoms with Crippen LogP contribution in [-0.2, 0) is 0 Å². The van der Waals surface area contributed by atoms with Crippen LogP contribution in [0, 0.1) is 11.8 Å². The summed E-state index contributed by atoms with van der Waals surface area (Å²) in [5, 5.41) is 0. The zero-order chi connectivity index (χ0) is 11.3. The predicted molar refractivity (Wildman–Crippen MR) is 63.3 cm³/mol. The number of alkyl halides is 1. The average molecular weight is 209 g/mol. The molecule has 0 aromatic carbocycles. The van der Waals surface area contributed by atoms with Gasteiger partial charge in [0.1, 0.15) is 6.67 Å². The molecule has 0 bridgehead atoms. The van der Waals surface area contributed by atoms with Crippen molar-refractivity contribution in [1.82, 2.24) is 0 Å². The van der Waals surface area contributed by atoms with E-state index in [1.807, 2.05) is 6.08 Å². The van der Waals surface area contributed by atoms with Crippen LogP contribution in [0.15, 0.2) is 36.5 Å². The van der Waals surface area contributed by atoms with Gasteiger partial charge in [-0.05, 0) is 24.3 Å². The lowest BCUT2D eigenvalue weighted by atomic mass is 9.84. The van der Waals surface area contributed by atoms with Crippen LogP contribution in [0.2, 0.25) is 0 Å². The van der Waals surface area contributed by atoms with Gasteiger partial charge in [-0.1, -0.05) is 31.2 Å². The predicted octanol–water partition coefficient (Wildman–Crippen LogP) is 3.00. The van der Waals surface area contributed by atoms with Gasteiger partial charge < -0.3 is 5.73 Å². The fraction of sp³-hybridized carbons (Fsp3) is 0.538. The first-order valence-electron chi connectivity index (χ1n) is 5.55. The summed E-state index contributed by atoms with van der Waals surface area (Å²) < 4.78 is 12.5. The Bertz CT molecular complexity index is 268. The van der Waals surface area contributed by atoms with E-state index in [0.29, 0.717) is 5.92 Å². The Labute approximate surface area is 91.5 Å². The van der Waals surface area contributed by atoms with Crippen LogP contribution in [0.4, 0.5) is 4.39 Å². The van der Waals surface area contributed by atoms with Gasteiger partial charge in [-0.15, -0.1) is 6.58 Å². The Morgan fingerprint density at radius 2 is 2.47 bits per heavy atom. The molecule has 1 nitrogen and oxygen atoms in total. The summed E-state index contributed by atoms with van der Waals surface area (Å²) in [5.74, 6) is 0.574. The van der Waals surface area contributed by atoms with Gasteiger partial charge in [0, 0.05) is 12.0 Å². The number of rotatable bonds is 5. The highest BCUT2D eigenvalue weighted by Crippen LogP contribution is 2.26. The van der Waals surface area contributed by atoms with Gasteiger partial charge >= 0.3 is 0 Å². The van der Waals surface area contributed by atoms with Crippen molar-refractivity contribution in [2.45, 2.75) is 25.8 Å². The van der Waals surface area contributed by atoms with Gasteiger partial charge in [0.05, 0.1) is 0 Å². The molecular weight excluding hydrogens is 189 g/mol. The van der Waals surface area contributed by atoms with E-state index >= 15 is 0 Å². The first-order chi connectivity index (χ1) is 7.22. The van der Waals surface area contributed by atoms with Gasteiger partial charge in [0.15, 0.2) is 0 Å². The average Bonchev–Trinajstić information content (AvgIpc) is 2.30. The van der Waals surface area contributed by atoms with Crippen LogP contribution in [0.5, 0.6) is 0 Å². The van der Waals surface area contributed by atoms with Crippen molar-refractivity contribution in [3.05, 3.63) is 36.5 Å². The minimum absolute atomic E-state index is 0.150. The van der Waals surface area contributed by atoms with Gasteiger partial charge in [-0.25, -0.2) is 4.39 Å². The highest BCUT2D eigenvalue weighted by atomic mass is 19.1. The molecule has 0 heterocycles. The van der Waals surface area contributed by atoms with Gasteiger partial charge in [0.25, 0.3) is 0 Å². The Kier molecular flexibility index (Phi) is 4.76. The molecule has 1 rings (SSSR count). The van der Waals surface area contributed by atoms with E-state index in [1.165, 1.54) is 5.57 Å². The summed E-state index contributed by atoms with van der Waals surface area (Å²) in [6, 6.07) is -0.369. The van der Waals surface area contributed by atoms with Crippen molar-refractivity contribution in [2.75, 3.05) is 6.67 Å². The summed E-state index contributed by atoms with van der Waals surface area (Å²) in [5.41, 5.74) is 6.94. The summed E-state index contributed by atoms with van der Waals surface area (Å²) in [6.07, 6.45) is 10.1. The number of hydrogen-bond acceptors (Lipinski definition) is 1. The maximum Gasteiger partial charge on any atom is 0.105 e. The maximum absolute atomic E-state index is 12.5. The molecule has 0 saturated heterocycles. The van der Waals surface area contributed by atoms with E-state index in [-0.39, 0.29) is 12.0 Å². The monoisotopic (exact) mass is 209 g/mol. The highest BCUT2D eigenvalue weighted by molar-refractivity contribution is 5.28. The number of allylic oxidation sites excluding steroid dienone is 4. The molecule has 1 aliphatic rings. The van der Waals surface area contributed by atoms with E-state index < -0.39 is 6.67 Å². The third-order valence-corrected chi connectivity index (χ3v) is 3.03. The Hall–Kier alpha value is -0.890. The molecule has 3 atom stereocenters. The maximum atomic E-state index is 12.5. The molecule has 0 spiro atoms. The second-order valence-corrected chi connectivity index (χ2v) is 4.03. The molecule has 3 unspecified atom stereocenters. The Morgan fingerprint density at radius 1 is 1.73 bits per heavy atom. The molecule has 0 aromatic heterocycles. The molecule has 0 saturated carbocycles. The van der Waals surface area contributed by atoms with Crippen LogP contribution < -0.4 is 5.73 Å². The van der Waals surface area contributed by atoms with Crippen LogP contribution in [0.1, 0.15) is 19.8 Å². The minimum atomic E-state index is -0.450. The standard InChI is InChI=1S/C13H20FN/c1-3-10-5-7-11(8-6-10)12(4-2)13(15)9-14/h3,5,7-8,10,12-13H,1,4,6,9,15H2,2H3. The molecular formula is C13H20FN. The largest absolute Gasteiger partial charge is 0.325 e. The molecule has 2 N–H and O–H groups in total. The second-order valence-electron chi connectivity index (χ2n) is 4.03.